The van der Waals surface area contributed by atoms with Crippen LogP contribution in [-0.2, 0) is 5.75 Å². The van der Waals surface area contributed by atoms with E-state index in [-0.39, 0.29) is 0 Å². The summed E-state index contributed by atoms with van der Waals surface area (Å²) in [4.78, 5) is 7.18. The molecule has 1 aromatic rings. The van der Waals surface area contributed by atoms with Crippen LogP contribution in [0.4, 0.5) is 5.69 Å². The molecule has 0 bridgehead atoms. The Morgan fingerprint density at radius 3 is 3.28 bits per heavy atom. The number of benzene rings is 1. The molecule has 0 aromatic heterocycles. The Morgan fingerprint density at radius 2 is 2.33 bits per heavy atom. The van der Waals surface area contributed by atoms with Crippen LogP contribution in [0.5, 0.6) is 0 Å². The van der Waals surface area contributed by atoms with E-state index >= 15 is 0 Å². The molecule has 3 heterocycles. The molecule has 2 atom stereocenters. The molecule has 3 aliphatic heterocycles. The first-order valence-corrected chi connectivity index (χ1v) is 8.46. The molecule has 0 unspecified atom stereocenters. The van der Waals surface area contributed by atoms with Crippen LogP contribution in [0.15, 0.2) is 21.6 Å². The van der Waals surface area contributed by atoms with Crippen LogP contribution in [0.25, 0.3) is 0 Å². The van der Waals surface area contributed by atoms with Gasteiger partial charge in [-0.3, -0.25) is 4.99 Å². The van der Waals surface area contributed by atoms with Crippen molar-refractivity contribution in [3.05, 3.63) is 27.7 Å². The molecular formula is C14H15BrN2S. The van der Waals surface area contributed by atoms with Crippen LogP contribution >= 0.6 is 27.7 Å². The fourth-order valence-electron chi connectivity index (χ4n) is 3.49. The zero-order valence-electron chi connectivity index (χ0n) is 10.1. The van der Waals surface area contributed by atoms with Gasteiger partial charge in [0.2, 0.25) is 0 Å². The highest BCUT2D eigenvalue weighted by Gasteiger charge is 2.40. The number of fused-ring (bicyclic) bond motifs is 3. The molecular weight excluding hydrogens is 308 g/mol. The predicted octanol–water partition coefficient (Wildman–Crippen LogP) is 3.44. The van der Waals surface area contributed by atoms with Gasteiger partial charge in [0, 0.05) is 52.9 Å². The number of aliphatic imine (C=N–C) groups is 1. The average molecular weight is 323 g/mol. The van der Waals surface area contributed by atoms with Crippen molar-refractivity contribution in [1.29, 1.82) is 0 Å². The molecule has 4 rings (SSSR count). The van der Waals surface area contributed by atoms with Crippen LogP contribution in [0.3, 0.4) is 0 Å². The Morgan fingerprint density at radius 1 is 1.39 bits per heavy atom. The molecule has 94 valence electrons. The Bertz CT molecular complexity index is 529. The van der Waals surface area contributed by atoms with Gasteiger partial charge in [-0.05, 0) is 29.7 Å². The van der Waals surface area contributed by atoms with Gasteiger partial charge in [-0.25, -0.2) is 0 Å². The summed E-state index contributed by atoms with van der Waals surface area (Å²) in [7, 11) is 0. The van der Waals surface area contributed by atoms with E-state index in [9.17, 15) is 0 Å². The van der Waals surface area contributed by atoms with Crippen LogP contribution in [0.1, 0.15) is 23.5 Å². The van der Waals surface area contributed by atoms with Gasteiger partial charge in [-0.1, -0.05) is 15.9 Å². The van der Waals surface area contributed by atoms with Crippen molar-refractivity contribution >= 4 is 39.6 Å². The normalized spacial score (nSPS) is 28.8. The molecule has 0 N–H and O–H groups in total. The minimum absolute atomic E-state index is 0.521. The van der Waals surface area contributed by atoms with Crippen LogP contribution in [-0.4, -0.2) is 31.1 Å². The summed E-state index contributed by atoms with van der Waals surface area (Å²) in [5.74, 6) is 2.91. The van der Waals surface area contributed by atoms with Gasteiger partial charge in [0.15, 0.2) is 0 Å². The summed E-state index contributed by atoms with van der Waals surface area (Å²) in [6, 6.07) is 5.27. The van der Waals surface area contributed by atoms with Crippen LogP contribution in [0.2, 0.25) is 0 Å². The van der Waals surface area contributed by atoms with Gasteiger partial charge in [-0.2, -0.15) is 11.8 Å². The highest BCUT2D eigenvalue weighted by atomic mass is 79.9. The summed E-state index contributed by atoms with van der Waals surface area (Å²) >= 11 is 5.73. The van der Waals surface area contributed by atoms with Gasteiger partial charge in [0.05, 0.1) is 0 Å². The van der Waals surface area contributed by atoms with Gasteiger partial charge in [0.25, 0.3) is 0 Å². The van der Waals surface area contributed by atoms with Crippen LogP contribution < -0.4 is 4.90 Å². The van der Waals surface area contributed by atoms with E-state index in [1.165, 1.54) is 40.0 Å². The smallest absolute Gasteiger partial charge is 0.0451 e. The topological polar surface area (TPSA) is 15.6 Å². The lowest BCUT2D eigenvalue weighted by Crippen LogP contribution is -2.38. The molecule has 18 heavy (non-hydrogen) atoms. The molecule has 0 saturated carbocycles. The lowest BCUT2D eigenvalue weighted by Gasteiger charge is -2.30. The Labute approximate surface area is 120 Å². The second-order valence-corrected chi connectivity index (χ2v) is 7.21. The summed E-state index contributed by atoms with van der Waals surface area (Å²) in [6.07, 6.45) is 3.40. The number of thioether (sulfide) groups is 1. The number of hydrogen-bond donors (Lipinski definition) is 0. The first-order valence-electron chi connectivity index (χ1n) is 6.51. The van der Waals surface area contributed by atoms with E-state index in [2.05, 4.69) is 55.9 Å². The third-order valence-corrected chi connectivity index (χ3v) is 5.64. The van der Waals surface area contributed by atoms with Crippen molar-refractivity contribution in [3.8, 4) is 0 Å². The highest BCUT2D eigenvalue weighted by molar-refractivity contribution is 9.10. The molecule has 0 spiro atoms. The van der Waals surface area contributed by atoms with E-state index in [0.29, 0.717) is 12.0 Å². The van der Waals surface area contributed by atoms with E-state index in [1.807, 2.05) is 0 Å². The zero-order valence-corrected chi connectivity index (χ0v) is 12.5. The standard InChI is InChI=1S/C14H15BrN2S/c15-10-5-9-8-18-4-3-17-13-1-2-16-7-12(13)11(6-10)14(9)17/h5-7,12-13H,1-4,8H2/t12-,13+/m1/s1. The Kier molecular flexibility index (Phi) is 2.69. The molecule has 2 nitrogen and oxygen atoms in total. The van der Waals surface area contributed by atoms with Gasteiger partial charge < -0.3 is 4.90 Å². The van der Waals surface area contributed by atoms with Crippen molar-refractivity contribution in [2.75, 3.05) is 23.7 Å². The summed E-state index contributed by atoms with van der Waals surface area (Å²) in [5, 5.41) is 0. The third kappa shape index (κ3) is 1.58. The summed E-state index contributed by atoms with van der Waals surface area (Å²) in [5.41, 5.74) is 4.52. The van der Waals surface area contributed by atoms with E-state index < -0.39 is 0 Å². The van der Waals surface area contributed by atoms with E-state index in [1.54, 1.807) is 0 Å². The van der Waals surface area contributed by atoms with Crippen molar-refractivity contribution in [3.63, 3.8) is 0 Å². The van der Waals surface area contributed by atoms with Gasteiger partial charge in [0.1, 0.15) is 0 Å². The summed E-state index contributed by atoms with van der Waals surface area (Å²) in [6.45, 7) is 2.19. The minimum atomic E-state index is 0.521. The van der Waals surface area contributed by atoms with Crippen molar-refractivity contribution in [2.24, 2.45) is 4.99 Å². The number of anilines is 1. The largest absolute Gasteiger partial charge is 0.366 e. The molecule has 4 heteroatoms. The molecule has 0 saturated heterocycles. The fraction of sp³-hybridized carbons (Fsp3) is 0.500. The maximum atomic E-state index is 4.52. The zero-order chi connectivity index (χ0) is 12.1. The second-order valence-electron chi connectivity index (χ2n) is 5.19. The van der Waals surface area contributed by atoms with Gasteiger partial charge >= 0.3 is 0 Å². The third-order valence-electron chi connectivity index (χ3n) is 4.20. The number of nitrogens with zero attached hydrogens (tertiary/aromatic N) is 2. The van der Waals surface area contributed by atoms with Crippen molar-refractivity contribution in [2.45, 2.75) is 24.1 Å². The average Bonchev–Trinajstić information content (AvgIpc) is 2.55. The lowest BCUT2D eigenvalue weighted by atomic mass is 9.92. The second kappa shape index (κ2) is 4.27. The maximum absolute atomic E-state index is 4.52. The van der Waals surface area contributed by atoms with E-state index in [4.69, 9.17) is 0 Å². The number of rotatable bonds is 0. The molecule has 0 fully saturated rings. The first-order chi connectivity index (χ1) is 8.84. The molecule has 1 aromatic carbocycles. The van der Waals surface area contributed by atoms with Gasteiger partial charge in [-0.15, -0.1) is 0 Å². The molecule has 0 radical (unpaired) electrons. The maximum Gasteiger partial charge on any atom is 0.0451 e. The quantitative estimate of drug-likeness (QED) is 0.727. The monoisotopic (exact) mass is 322 g/mol. The number of halogens is 1. The number of hydrogen-bond acceptors (Lipinski definition) is 3. The van der Waals surface area contributed by atoms with Crippen molar-refractivity contribution < 1.29 is 0 Å². The molecule has 0 amide bonds. The fourth-order valence-corrected chi connectivity index (χ4v) is 4.93. The lowest BCUT2D eigenvalue weighted by molar-refractivity contribution is 0.557. The Balaban J connectivity index is 1.94. The predicted molar refractivity (Wildman–Crippen MR) is 82.2 cm³/mol. The van der Waals surface area contributed by atoms with Crippen LogP contribution in [0, 0.1) is 0 Å². The summed E-state index contributed by atoms with van der Waals surface area (Å²) < 4.78 is 1.22. The molecule has 0 aliphatic carbocycles. The highest BCUT2D eigenvalue weighted by Crippen LogP contribution is 2.47. The first kappa shape index (κ1) is 11.4. The Hall–Kier alpha value is -0.480. The SMILES string of the molecule is Brc1cc2c3c(c1)[C@H]1C=NCC[C@@H]1N3CCSC2. The molecule has 3 aliphatic rings. The van der Waals surface area contributed by atoms with Crippen molar-refractivity contribution in [1.82, 2.24) is 0 Å². The van der Waals surface area contributed by atoms with E-state index in [0.717, 1.165) is 12.3 Å². The minimum Gasteiger partial charge on any atom is -0.366 e.